The molecule has 0 aromatic rings. The van der Waals surface area contributed by atoms with E-state index in [0.717, 1.165) is 0 Å². The highest BCUT2D eigenvalue weighted by Gasteiger charge is 2.36. The Morgan fingerprint density at radius 2 is 1.76 bits per heavy atom. The highest BCUT2D eigenvalue weighted by Crippen LogP contribution is 2.51. The molecule has 1 unspecified atom stereocenters. The van der Waals surface area contributed by atoms with Crippen LogP contribution >= 0.6 is 7.67 Å². The Morgan fingerprint density at radius 1 is 1.20 bits per heavy atom. The largest absolute Gasteiger partial charge is 0.390 e. The van der Waals surface area contributed by atoms with Crippen molar-refractivity contribution in [2.45, 2.75) is 25.9 Å². The Kier molecular flexibility index (Phi) is 8.47. The third-order valence-electron chi connectivity index (χ3n) is 4.09. The lowest BCUT2D eigenvalue weighted by Crippen LogP contribution is -2.50. The van der Waals surface area contributed by atoms with Crippen LogP contribution in [0.3, 0.4) is 0 Å². The molecule has 1 rings (SSSR count). The van der Waals surface area contributed by atoms with Crippen LogP contribution in [0.2, 0.25) is 0 Å². The average Bonchev–Trinajstić information content (AvgIpc) is 2.52. The van der Waals surface area contributed by atoms with E-state index in [1.165, 1.54) is 12.2 Å². The molecule has 148 valence electrons. The SMILES string of the molecule is COP(=O)(N(C)C)N1CCN(C(=O)CN(C)OCCC(C)(C)O)CC1. The average molecular weight is 380 g/mol. The van der Waals surface area contributed by atoms with Crippen molar-refractivity contribution in [2.24, 2.45) is 0 Å². The van der Waals surface area contributed by atoms with Crippen LogP contribution in [0.1, 0.15) is 20.3 Å². The molecule has 0 bridgehead atoms. The quantitative estimate of drug-likeness (QED) is 0.456. The van der Waals surface area contributed by atoms with E-state index >= 15 is 0 Å². The van der Waals surface area contributed by atoms with Crippen molar-refractivity contribution in [3.05, 3.63) is 0 Å². The van der Waals surface area contributed by atoms with Gasteiger partial charge in [-0.05, 0) is 27.9 Å². The summed E-state index contributed by atoms with van der Waals surface area (Å²) in [5.41, 5.74) is -0.789. The molecule has 0 spiro atoms. The summed E-state index contributed by atoms with van der Waals surface area (Å²) in [5, 5.41) is 11.1. The molecule has 1 heterocycles. The fourth-order valence-corrected chi connectivity index (χ4v) is 4.27. The molecule has 0 saturated carbocycles. The van der Waals surface area contributed by atoms with Crippen LogP contribution in [0.5, 0.6) is 0 Å². The van der Waals surface area contributed by atoms with Crippen LogP contribution in [-0.2, 0) is 18.7 Å². The molecule has 0 radical (unpaired) electrons. The number of likely N-dealkylation sites (N-methyl/N-ethyl adjacent to an activating group) is 1. The zero-order valence-corrected chi connectivity index (χ0v) is 17.2. The van der Waals surface area contributed by atoms with Crippen LogP contribution < -0.4 is 0 Å². The molecule has 25 heavy (non-hydrogen) atoms. The van der Waals surface area contributed by atoms with Gasteiger partial charge < -0.3 is 14.5 Å². The first-order valence-electron chi connectivity index (χ1n) is 8.43. The molecule has 0 aliphatic carbocycles. The predicted molar refractivity (Wildman–Crippen MR) is 96.0 cm³/mol. The minimum absolute atomic E-state index is 0.0393. The number of carbonyl (C=O) groups is 1. The van der Waals surface area contributed by atoms with E-state index in [2.05, 4.69) is 0 Å². The van der Waals surface area contributed by atoms with Gasteiger partial charge in [-0.25, -0.2) is 9.34 Å². The molecule has 0 aromatic carbocycles. The first-order valence-corrected chi connectivity index (χ1v) is 9.96. The Balaban J connectivity index is 2.41. The summed E-state index contributed by atoms with van der Waals surface area (Å²) in [6.45, 7) is 5.91. The van der Waals surface area contributed by atoms with E-state index in [4.69, 9.17) is 9.36 Å². The molecule has 1 atom stereocenters. The van der Waals surface area contributed by atoms with Crippen molar-refractivity contribution >= 4 is 13.6 Å². The van der Waals surface area contributed by atoms with Crippen molar-refractivity contribution in [3.63, 3.8) is 0 Å². The number of rotatable bonds is 9. The second kappa shape index (κ2) is 9.41. The number of hydrogen-bond donors (Lipinski definition) is 1. The molecule has 1 fully saturated rings. The number of nitrogens with zero attached hydrogens (tertiary/aromatic N) is 4. The Bertz CT molecular complexity index is 475. The fraction of sp³-hybridized carbons (Fsp3) is 0.933. The second-order valence-corrected chi connectivity index (χ2v) is 9.75. The molecule has 9 nitrogen and oxygen atoms in total. The van der Waals surface area contributed by atoms with Crippen molar-refractivity contribution in [1.82, 2.24) is 19.3 Å². The van der Waals surface area contributed by atoms with Gasteiger partial charge in [0.25, 0.3) is 0 Å². The Morgan fingerprint density at radius 3 is 2.20 bits per heavy atom. The topological polar surface area (TPSA) is 85.8 Å². The summed E-state index contributed by atoms with van der Waals surface area (Å²) in [6.07, 6.45) is 0.487. The van der Waals surface area contributed by atoms with Crippen LogP contribution in [0, 0.1) is 0 Å². The van der Waals surface area contributed by atoms with Gasteiger partial charge in [0, 0.05) is 46.8 Å². The highest BCUT2D eigenvalue weighted by molar-refractivity contribution is 7.53. The highest BCUT2D eigenvalue weighted by atomic mass is 31.2. The van der Waals surface area contributed by atoms with Crippen LogP contribution in [-0.4, -0.2) is 104 Å². The molecule has 1 aliphatic rings. The fourth-order valence-electron chi connectivity index (χ4n) is 2.52. The number of aliphatic hydroxyl groups is 1. The van der Waals surface area contributed by atoms with Crippen molar-refractivity contribution in [3.8, 4) is 0 Å². The minimum atomic E-state index is -2.99. The zero-order chi connectivity index (χ0) is 19.3. The molecule has 1 saturated heterocycles. The van der Waals surface area contributed by atoms with Crippen molar-refractivity contribution in [1.29, 1.82) is 0 Å². The maximum Gasteiger partial charge on any atom is 0.345 e. The summed E-state index contributed by atoms with van der Waals surface area (Å²) in [6, 6.07) is 0. The summed E-state index contributed by atoms with van der Waals surface area (Å²) in [7, 11) is 3.60. The van der Waals surface area contributed by atoms with Gasteiger partial charge in [0.05, 0.1) is 12.2 Å². The third kappa shape index (κ3) is 6.94. The summed E-state index contributed by atoms with van der Waals surface area (Å²) in [4.78, 5) is 19.5. The van der Waals surface area contributed by atoms with Gasteiger partial charge >= 0.3 is 7.67 Å². The lowest BCUT2D eigenvalue weighted by atomic mass is 10.1. The molecule has 0 aromatic heterocycles. The normalized spacial score (nSPS) is 19.5. The molecular formula is C15H33N4O5P. The first-order chi connectivity index (χ1) is 11.5. The Labute approximate surface area is 151 Å². The minimum Gasteiger partial charge on any atom is -0.390 e. The maximum absolute atomic E-state index is 12.8. The van der Waals surface area contributed by atoms with Gasteiger partial charge in [0.1, 0.15) is 6.54 Å². The number of hydroxylamine groups is 2. The monoisotopic (exact) mass is 380 g/mol. The van der Waals surface area contributed by atoms with Gasteiger partial charge in [0.15, 0.2) is 0 Å². The molecular weight excluding hydrogens is 347 g/mol. The summed E-state index contributed by atoms with van der Waals surface area (Å²) >= 11 is 0. The number of amides is 1. The van der Waals surface area contributed by atoms with Crippen LogP contribution in [0.4, 0.5) is 0 Å². The van der Waals surface area contributed by atoms with Crippen LogP contribution in [0.25, 0.3) is 0 Å². The number of carbonyl (C=O) groups excluding carboxylic acids is 1. The van der Waals surface area contributed by atoms with Gasteiger partial charge in [-0.3, -0.25) is 14.2 Å². The molecule has 1 aliphatic heterocycles. The standard InChI is InChI=1S/C15H33N4O5P/c1-15(2,21)7-12-24-17(5)13-14(20)18-8-10-19(11-9-18)25(22,23-6)16(3)4/h21H,7-13H2,1-6H3. The van der Waals surface area contributed by atoms with Gasteiger partial charge in [-0.1, -0.05) is 0 Å². The zero-order valence-electron chi connectivity index (χ0n) is 16.3. The molecule has 1 N–H and O–H groups in total. The number of piperazine rings is 1. The lowest BCUT2D eigenvalue weighted by molar-refractivity contribution is -0.167. The van der Waals surface area contributed by atoms with Gasteiger partial charge in [0.2, 0.25) is 5.91 Å². The van der Waals surface area contributed by atoms with Crippen LogP contribution in [0.15, 0.2) is 0 Å². The maximum atomic E-state index is 12.8. The van der Waals surface area contributed by atoms with Crippen molar-refractivity contribution in [2.75, 3.05) is 67.6 Å². The van der Waals surface area contributed by atoms with E-state index in [1.54, 1.807) is 49.2 Å². The first kappa shape index (κ1) is 22.5. The van der Waals surface area contributed by atoms with E-state index < -0.39 is 13.3 Å². The lowest BCUT2D eigenvalue weighted by Gasteiger charge is -2.40. The van der Waals surface area contributed by atoms with E-state index in [-0.39, 0.29) is 12.5 Å². The predicted octanol–water partition coefficient (Wildman–Crippen LogP) is 0.471. The number of hydrogen-bond acceptors (Lipinski definition) is 6. The van der Waals surface area contributed by atoms with E-state index in [1.807, 2.05) is 0 Å². The van der Waals surface area contributed by atoms with E-state index in [9.17, 15) is 14.5 Å². The smallest absolute Gasteiger partial charge is 0.345 e. The Hall–Kier alpha value is -0.540. The van der Waals surface area contributed by atoms with Gasteiger partial charge in [-0.2, -0.15) is 5.06 Å². The van der Waals surface area contributed by atoms with Crippen molar-refractivity contribution < 1.29 is 23.8 Å². The van der Waals surface area contributed by atoms with Gasteiger partial charge in [-0.15, -0.1) is 0 Å². The summed E-state index contributed by atoms with van der Waals surface area (Å²) in [5.74, 6) is -0.0393. The molecule has 1 amide bonds. The summed E-state index contributed by atoms with van der Waals surface area (Å²) < 4.78 is 21.4. The second-order valence-electron chi connectivity index (χ2n) is 7.04. The molecule has 10 heteroatoms. The van der Waals surface area contributed by atoms with E-state index in [0.29, 0.717) is 39.2 Å². The third-order valence-corrected chi connectivity index (χ3v) is 6.69.